The zero-order chi connectivity index (χ0) is 17.1. The Morgan fingerprint density at radius 2 is 1.96 bits per heavy atom. The average molecular weight is 321 g/mol. The van der Waals surface area contributed by atoms with Gasteiger partial charge in [0.25, 0.3) is 5.91 Å². The van der Waals surface area contributed by atoms with Crippen molar-refractivity contribution in [2.45, 2.75) is 39.3 Å². The Morgan fingerprint density at radius 1 is 1.26 bits per heavy atom. The van der Waals surface area contributed by atoms with E-state index in [2.05, 4.69) is 10.6 Å². The number of nitrogens with one attached hydrogen (secondary N) is 2. The lowest BCUT2D eigenvalue weighted by atomic mass is 10.0. The van der Waals surface area contributed by atoms with Crippen molar-refractivity contribution in [1.82, 2.24) is 10.2 Å². The van der Waals surface area contributed by atoms with E-state index in [1.165, 1.54) is 11.0 Å². The maximum Gasteiger partial charge on any atom is 0.255 e. The molecule has 1 atom stereocenters. The van der Waals surface area contributed by atoms with E-state index in [0.717, 1.165) is 0 Å². The Labute approximate surface area is 134 Å². The maximum absolute atomic E-state index is 13.8. The Hall–Kier alpha value is -2.44. The van der Waals surface area contributed by atoms with Gasteiger partial charge in [-0.1, -0.05) is 13.8 Å². The SMILES string of the molecule is CC.CNc1cc2c(cc1F)C(=O)N(C1CCC(=O)NC1=O)C2. The van der Waals surface area contributed by atoms with Crippen molar-refractivity contribution in [2.24, 2.45) is 0 Å². The molecular weight excluding hydrogens is 301 g/mol. The Balaban J connectivity index is 0.000000924. The van der Waals surface area contributed by atoms with Crippen molar-refractivity contribution in [3.63, 3.8) is 0 Å². The van der Waals surface area contributed by atoms with Crippen LogP contribution in [0.15, 0.2) is 12.1 Å². The highest BCUT2D eigenvalue weighted by Gasteiger charge is 2.39. The smallest absolute Gasteiger partial charge is 0.255 e. The van der Waals surface area contributed by atoms with E-state index in [-0.39, 0.29) is 30.3 Å². The van der Waals surface area contributed by atoms with E-state index in [1.807, 2.05) is 13.8 Å². The zero-order valence-electron chi connectivity index (χ0n) is 13.4. The Bertz CT molecular complexity index is 660. The van der Waals surface area contributed by atoms with Crippen LogP contribution in [0.3, 0.4) is 0 Å². The van der Waals surface area contributed by atoms with E-state index < -0.39 is 17.8 Å². The normalized spacial score (nSPS) is 19.7. The summed E-state index contributed by atoms with van der Waals surface area (Å²) >= 11 is 0. The number of anilines is 1. The van der Waals surface area contributed by atoms with Gasteiger partial charge in [0.05, 0.1) is 5.69 Å². The number of halogens is 1. The average Bonchev–Trinajstić information content (AvgIpc) is 2.85. The van der Waals surface area contributed by atoms with Gasteiger partial charge in [-0.15, -0.1) is 0 Å². The monoisotopic (exact) mass is 321 g/mol. The summed E-state index contributed by atoms with van der Waals surface area (Å²) in [6.07, 6.45) is 0.498. The molecule has 2 aliphatic heterocycles. The largest absolute Gasteiger partial charge is 0.386 e. The molecule has 2 N–H and O–H groups in total. The predicted octanol–water partition coefficient (Wildman–Crippen LogP) is 1.65. The highest BCUT2D eigenvalue weighted by atomic mass is 19.1. The quantitative estimate of drug-likeness (QED) is 0.812. The summed E-state index contributed by atoms with van der Waals surface area (Å²) in [5.74, 6) is -1.68. The van der Waals surface area contributed by atoms with Gasteiger partial charge in [-0.05, 0) is 24.1 Å². The van der Waals surface area contributed by atoms with Crippen LogP contribution in [-0.4, -0.2) is 35.7 Å². The lowest BCUT2D eigenvalue weighted by molar-refractivity contribution is -0.136. The summed E-state index contributed by atoms with van der Waals surface area (Å²) in [4.78, 5) is 36.8. The van der Waals surface area contributed by atoms with Crippen LogP contribution in [0.1, 0.15) is 42.6 Å². The molecule has 2 aliphatic rings. The van der Waals surface area contributed by atoms with Gasteiger partial charge in [-0.3, -0.25) is 19.7 Å². The molecule has 0 spiro atoms. The van der Waals surface area contributed by atoms with E-state index in [1.54, 1.807) is 13.1 Å². The van der Waals surface area contributed by atoms with Crippen molar-refractivity contribution < 1.29 is 18.8 Å². The third kappa shape index (κ3) is 3.04. The molecule has 0 bridgehead atoms. The van der Waals surface area contributed by atoms with Gasteiger partial charge in [0, 0.05) is 25.6 Å². The standard InChI is InChI=1S/C14H14FN3O3.C2H6/c1-16-10-4-7-6-18(14(21)8(7)5-9(10)15)11-2-3-12(19)17-13(11)20;1-2/h4-5,11,16H,2-3,6H2,1H3,(H,17,19,20);1-2H3. The second-order valence-electron chi connectivity index (χ2n) is 5.14. The summed E-state index contributed by atoms with van der Waals surface area (Å²) in [5.41, 5.74) is 1.26. The van der Waals surface area contributed by atoms with Crippen LogP contribution in [-0.2, 0) is 16.1 Å². The van der Waals surface area contributed by atoms with Gasteiger partial charge < -0.3 is 10.2 Å². The minimum atomic E-state index is -0.677. The fourth-order valence-electron chi connectivity index (χ4n) is 2.78. The number of rotatable bonds is 2. The molecule has 1 aromatic carbocycles. The predicted molar refractivity (Wildman–Crippen MR) is 83.3 cm³/mol. The molecule has 6 nitrogen and oxygen atoms in total. The molecule has 3 amide bonds. The molecule has 3 rings (SSSR count). The lowest BCUT2D eigenvalue weighted by Crippen LogP contribution is -2.52. The van der Waals surface area contributed by atoms with Crippen molar-refractivity contribution in [3.05, 3.63) is 29.1 Å². The van der Waals surface area contributed by atoms with Crippen LogP contribution in [0, 0.1) is 5.82 Å². The first-order valence-corrected chi connectivity index (χ1v) is 7.66. The van der Waals surface area contributed by atoms with Crippen molar-refractivity contribution in [2.75, 3.05) is 12.4 Å². The summed E-state index contributed by atoms with van der Waals surface area (Å²) < 4.78 is 13.8. The molecule has 0 aromatic heterocycles. The van der Waals surface area contributed by atoms with Gasteiger partial charge in [0.2, 0.25) is 11.8 Å². The number of amides is 3. The van der Waals surface area contributed by atoms with Crippen LogP contribution < -0.4 is 10.6 Å². The molecule has 1 unspecified atom stereocenters. The molecule has 2 heterocycles. The van der Waals surface area contributed by atoms with Gasteiger partial charge >= 0.3 is 0 Å². The molecule has 124 valence electrons. The van der Waals surface area contributed by atoms with Gasteiger partial charge in [-0.2, -0.15) is 0 Å². The van der Waals surface area contributed by atoms with E-state index in [4.69, 9.17) is 0 Å². The number of fused-ring (bicyclic) bond motifs is 1. The molecule has 0 saturated carbocycles. The van der Waals surface area contributed by atoms with Crippen molar-refractivity contribution in [3.8, 4) is 0 Å². The van der Waals surface area contributed by atoms with Crippen molar-refractivity contribution in [1.29, 1.82) is 0 Å². The third-order valence-electron chi connectivity index (χ3n) is 3.88. The minimum absolute atomic E-state index is 0.201. The number of imide groups is 1. The molecule has 0 radical (unpaired) electrons. The second kappa shape index (κ2) is 6.76. The Morgan fingerprint density at radius 3 is 2.57 bits per heavy atom. The highest BCUT2D eigenvalue weighted by molar-refractivity contribution is 6.05. The van der Waals surface area contributed by atoms with Crippen LogP contribution >= 0.6 is 0 Å². The van der Waals surface area contributed by atoms with Crippen LogP contribution in [0.2, 0.25) is 0 Å². The van der Waals surface area contributed by atoms with Gasteiger partial charge in [-0.25, -0.2) is 4.39 Å². The number of hydrogen-bond acceptors (Lipinski definition) is 4. The number of benzene rings is 1. The van der Waals surface area contributed by atoms with Gasteiger partial charge in [0.15, 0.2) is 0 Å². The topological polar surface area (TPSA) is 78.5 Å². The summed E-state index contributed by atoms with van der Waals surface area (Å²) in [6.45, 7) is 4.25. The number of hydrogen-bond donors (Lipinski definition) is 2. The second-order valence-corrected chi connectivity index (χ2v) is 5.14. The fourth-order valence-corrected chi connectivity index (χ4v) is 2.78. The summed E-state index contributed by atoms with van der Waals surface area (Å²) in [5, 5.41) is 4.95. The molecule has 1 aromatic rings. The summed E-state index contributed by atoms with van der Waals surface area (Å²) in [6, 6.07) is 2.09. The van der Waals surface area contributed by atoms with E-state index >= 15 is 0 Å². The van der Waals surface area contributed by atoms with Crippen LogP contribution in [0.4, 0.5) is 10.1 Å². The third-order valence-corrected chi connectivity index (χ3v) is 3.88. The van der Waals surface area contributed by atoms with E-state index in [9.17, 15) is 18.8 Å². The molecule has 7 heteroatoms. The minimum Gasteiger partial charge on any atom is -0.386 e. The van der Waals surface area contributed by atoms with Gasteiger partial charge in [0.1, 0.15) is 11.9 Å². The molecule has 23 heavy (non-hydrogen) atoms. The van der Waals surface area contributed by atoms with E-state index in [0.29, 0.717) is 17.7 Å². The number of carbonyl (C=O) groups excluding carboxylic acids is 3. The first kappa shape index (κ1) is 16.9. The number of nitrogens with zero attached hydrogens (tertiary/aromatic N) is 1. The highest BCUT2D eigenvalue weighted by Crippen LogP contribution is 2.30. The maximum atomic E-state index is 13.8. The zero-order valence-corrected chi connectivity index (χ0v) is 13.4. The molecule has 0 aliphatic carbocycles. The lowest BCUT2D eigenvalue weighted by Gasteiger charge is -2.29. The summed E-state index contributed by atoms with van der Waals surface area (Å²) in [7, 11) is 1.60. The molecule has 1 fully saturated rings. The van der Waals surface area contributed by atoms with Crippen molar-refractivity contribution >= 4 is 23.4 Å². The van der Waals surface area contributed by atoms with Crippen LogP contribution in [0.5, 0.6) is 0 Å². The fraction of sp³-hybridized carbons (Fsp3) is 0.438. The molecular formula is C16H20FN3O3. The first-order valence-electron chi connectivity index (χ1n) is 7.66. The molecule has 1 saturated heterocycles. The van der Waals surface area contributed by atoms with Crippen LogP contribution in [0.25, 0.3) is 0 Å². The number of piperidine rings is 1. The number of carbonyl (C=O) groups is 3. The Kier molecular flexibility index (Phi) is 4.98. The first-order chi connectivity index (χ1) is 11.0.